The molecule has 1 heterocycles. The Morgan fingerprint density at radius 2 is 2.19 bits per heavy atom. The highest BCUT2D eigenvalue weighted by atomic mass is 16.5. The van der Waals surface area contributed by atoms with Crippen LogP contribution in [0, 0.1) is 5.92 Å². The maximum atomic E-state index is 11.9. The van der Waals surface area contributed by atoms with Gasteiger partial charge in [-0.25, -0.2) is 0 Å². The molecule has 1 amide bonds. The Morgan fingerprint density at radius 3 is 2.75 bits per heavy atom. The topological polar surface area (TPSA) is 66.8 Å². The number of amides is 1. The van der Waals surface area contributed by atoms with E-state index >= 15 is 0 Å². The minimum absolute atomic E-state index is 0.0320. The third-order valence-corrected chi connectivity index (χ3v) is 2.73. The first-order chi connectivity index (χ1) is 7.50. The van der Waals surface area contributed by atoms with Crippen molar-refractivity contribution >= 4 is 11.9 Å². The number of rotatable bonds is 4. The largest absolute Gasteiger partial charge is 0.481 e. The lowest BCUT2D eigenvalue weighted by Gasteiger charge is -2.34. The van der Waals surface area contributed by atoms with E-state index in [0.29, 0.717) is 26.2 Å². The van der Waals surface area contributed by atoms with E-state index in [0.717, 1.165) is 0 Å². The van der Waals surface area contributed by atoms with Gasteiger partial charge in [-0.15, -0.1) is 0 Å². The first kappa shape index (κ1) is 13.0. The van der Waals surface area contributed by atoms with Gasteiger partial charge in [0.15, 0.2) is 0 Å². The summed E-state index contributed by atoms with van der Waals surface area (Å²) in [5.41, 5.74) is 0. The molecule has 0 aromatic rings. The molecule has 1 rings (SSSR count). The molecule has 0 aromatic carbocycles. The standard InChI is InChI=1S/C11H19NO4/c1-8(6-11(14)15)5-10(13)12-3-4-16-7-9(12)2/h8-9H,3-7H2,1-2H3,(H,14,15). The number of aliphatic carboxylic acids is 1. The van der Waals surface area contributed by atoms with Crippen LogP contribution in [0.1, 0.15) is 26.7 Å². The Labute approximate surface area is 95.4 Å². The Hall–Kier alpha value is -1.10. The van der Waals surface area contributed by atoms with Gasteiger partial charge in [0.2, 0.25) is 5.91 Å². The summed E-state index contributed by atoms with van der Waals surface area (Å²) in [5.74, 6) is -0.931. The summed E-state index contributed by atoms with van der Waals surface area (Å²) in [7, 11) is 0. The van der Waals surface area contributed by atoms with Crippen LogP contribution in [0.5, 0.6) is 0 Å². The molecule has 1 aliphatic heterocycles. The van der Waals surface area contributed by atoms with Gasteiger partial charge in [0.1, 0.15) is 0 Å². The van der Waals surface area contributed by atoms with Gasteiger partial charge in [-0.2, -0.15) is 0 Å². The Morgan fingerprint density at radius 1 is 1.50 bits per heavy atom. The SMILES string of the molecule is CC(CC(=O)O)CC(=O)N1CCOCC1C. The van der Waals surface area contributed by atoms with Crippen molar-refractivity contribution in [1.82, 2.24) is 4.90 Å². The minimum atomic E-state index is -0.852. The second-order valence-corrected chi connectivity index (χ2v) is 4.42. The van der Waals surface area contributed by atoms with Crippen LogP contribution in [0.4, 0.5) is 0 Å². The summed E-state index contributed by atoms with van der Waals surface area (Å²) in [5, 5.41) is 8.61. The molecule has 0 radical (unpaired) electrons. The number of hydrogen-bond donors (Lipinski definition) is 1. The fourth-order valence-corrected chi connectivity index (χ4v) is 1.88. The van der Waals surface area contributed by atoms with Crippen molar-refractivity contribution in [2.45, 2.75) is 32.7 Å². The predicted molar refractivity (Wildman–Crippen MR) is 58.0 cm³/mol. The molecular formula is C11H19NO4. The molecule has 1 N–H and O–H groups in total. The monoisotopic (exact) mass is 229 g/mol. The number of hydrogen-bond acceptors (Lipinski definition) is 3. The van der Waals surface area contributed by atoms with Crippen LogP contribution in [0.15, 0.2) is 0 Å². The fraction of sp³-hybridized carbons (Fsp3) is 0.818. The number of carboxylic acid groups (broad SMARTS) is 1. The number of morpholine rings is 1. The van der Waals surface area contributed by atoms with Gasteiger partial charge in [-0.1, -0.05) is 6.92 Å². The second-order valence-electron chi connectivity index (χ2n) is 4.42. The Kier molecular flexibility index (Phi) is 4.73. The molecule has 1 fully saturated rings. The third-order valence-electron chi connectivity index (χ3n) is 2.73. The molecule has 92 valence electrons. The van der Waals surface area contributed by atoms with E-state index in [1.807, 2.05) is 6.92 Å². The molecule has 0 aromatic heterocycles. The first-order valence-corrected chi connectivity index (χ1v) is 5.59. The quantitative estimate of drug-likeness (QED) is 0.772. The highest BCUT2D eigenvalue weighted by Gasteiger charge is 2.25. The lowest BCUT2D eigenvalue weighted by atomic mass is 10.0. The summed E-state index contributed by atoms with van der Waals surface area (Å²) in [6, 6.07) is 0.0956. The second kappa shape index (κ2) is 5.84. The van der Waals surface area contributed by atoms with E-state index in [1.165, 1.54) is 0 Å². The van der Waals surface area contributed by atoms with Crippen molar-refractivity contribution in [3.05, 3.63) is 0 Å². The van der Waals surface area contributed by atoms with Gasteiger partial charge in [-0.3, -0.25) is 9.59 Å². The van der Waals surface area contributed by atoms with Crippen molar-refractivity contribution < 1.29 is 19.4 Å². The third kappa shape index (κ3) is 3.81. The van der Waals surface area contributed by atoms with E-state index in [4.69, 9.17) is 9.84 Å². The molecule has 1 aliphatic rings. The fourth-order valence-electron chi connectivity index (χ4n) is 1.88. The molecular weight excluding hydrogens is 210 g/mol. The molecule has 5 nitrogen and oxygen atoms in total. The zero-order valence-electron chi connectivity index (χ0n) is 9.81. The van der Waals surface area contributed by atoms with Gasteiger partial charge in [-0.05, 0) is 12.8 Å². The highest BCUT2D eigenvalue weighted by Crippen LogP contribution is 2.14. The number of carbonyl (C=O) groups excluding carboxylic acids is 1. The summed E-state index contributed by atoms with van der Waals surface area (Å²) in [6.45, 7) is 5.48. The smallest absolute Gasteiger partial charge is 0.303 e. The molecule has 2 atom stereocenters. The van der Waals surface area contributed by atoms with E-state index in [-0.39, 0.29) is 24.3 Å². The number of carboxylic acids is 1. The van der Waals surface area contributed by atoms with Crippen LogP contribution in [-0.2, 0) is 14.3 Å². The van der Waals surface area contributed by atoms with Gasteiger partial charge >= 0.3 is 5.97 Å². The van der Waals surface area contributed by atoms with E-state index in [2.05, 4.69) is 0 Å². The Bertz CT molecular complexity index is 267. The van der Waals surface area contributed by atoms with Crippen molar-refractivity contribution in [2.24, 2.45) is 5.92 Å². The average Bonchev–Trinajstić information content (AvgIpc) is 2.16. The molecule has 16 heavy (non-hydrogen) atoms. The molecule has 0 aliphatic carbocycles. The molecule has 0 bridgehead atoms. The van der Waals surface area contributed by atoms with Crippen molar-refractivity contribution in [3.8, 4) is 0 Å². The summed E-state index contributed by atoms with van der Waals surface area (Å²) >= 11 is 0. The number of nitrogens with zero attached hydrogens (tertiary/aromatic N) is 1. The van der Waals surface area contributed by atoms with E-state index in [1.54, 1.807) is 11.8 Å². The zero-order chi connectivity index (χ0) is 12.1. The van der Waals surface area contributed by atoms with Gasteiger partial charge in [0.05, 0.1) is 19.3 Å². The highest BCUT2D eigenvalue weighted by molar-refractivity contribution is 5.77. The molecule has 2 unspecified atom stereocenters. The normalized spacial score (nSPS) is 22.9. The van der Waals surface area contributed by atoms with Crippen LogP contribution in [-0.4, -0.2) is 47.7 Å². The lowest BCUT2D eigenvalue weighted by molar-refractivity contribution is -0.141. The number of ether oxygens (including phenoxy) is 1. The van der Waals surface area contributed by atoms with Crippen molar-refractivity contribution in [1.29, 1.82) is 0 Å². The van der Waals surface area contributed by atoms with Crippen LogP contribution in [0.25, 0.3) is 0 Å². The average molecular weight is 229 g/mol. The van der Waals surface area contributed by atoms with Crippen LogP contribution < -0.4 is 0 Å². The Balaban J connectivity index is 2.41. The van der Waals surface area contributed by atoms with Crippen LogP contribution in [0.2, 0.25) is 0 Å². The molecule has 0 saturated carbocycles. The van der Waals surface area contributed by atoms with Crippen LogP contribution >= 0.6 is 0 Å². The maximum absolute atomic E-state index is 11.9. The van der Waals surface area contributed by atoms with Crippen LogP contribution in [0.3, 0.4) is 0 Å². The zero-order valence-corrected chi connectivity index (χ0v) is 9.81. The minimum Gasteiger partial charge on any atom is -0.481 e. The summed E-state index contributed by atoms with van der Waals surface area (Å²) in [4.78, 5) is 24.1. The van der Waals surface area contributed by atoms with E-state index < -0.39 is 5.97 Å². The first-order valence-electron chi connectivity index (χ1n) is 5.59. The van der Waals surface area contributed by atoms with Gasteiger partial charge < -0.3 is 14.7 Å². The molecule has 5 heteroatoms. The molecule has 0 spiro atoms. The van der Waals surface area contributed by atoms with E-state index in [9.17, 15) is 9.59 Å². The summed E-state index contributed by atoms with van der Waals surface area (Å²) in [6.07, 6.45) is 0.348. The van der Waals surface area contributed by atoms with Crippen molar-refractivity contribution in [2.75, 3.05) is 19.8 Å². The number of carbonyl (C=O) groups is 2. The van der Waals surface area contributed by atoms with Gasteiger partial charge in [0.25, 0.3) is 0 Å². The predicted octanol–water partition coefficient (Wildman–Crippen LogP) is 0.735. The van der Waals surface area contributed by atoms with Crippen molar-refractivity contribution in [3.63, 3.8) is 0 Å². The maximum Gasteiger partial charge on any atom is 0.303 e. The summed E-state index contributed by atoms with van der Waals surface area (Å²) < 4.78 is 5.24. The molecule has 1 saturated heterocycles. The van der Waals surface area contributed by atoms with Gasteiger partial charge in [0, 0.05) is 19.4 Å². The lowest BCUT2D eigenvalue weighted by Crippen LogP contribution is -2.47.